The zero-order valence-electron chi connectivity index (χ0n) is 8.27. The van der Waals surface area contributed by atoms with Crippen LogP contribution in [0.15, 0.2) is 16.5 Å². The van der Waals surface area contributed by atoms with Crippen molar-refractivity contribution >= 4 is 23.5 Å². The normalized spacial score (nSPS) is 16.8. The van der Waals surface area contributed by atoms with Crippen LogP contribution < -0.4 is 5.32 Å². The number of hydrogen-bond acceptors (Lipinski definition) is 3. The van der Waals surface area contributed by atoms with E-state index in [-0.39, 0.29) is 16.9 Å². The average molecular weight is 244 g/mol. The molecule has 2 rings (SSSR count). The van der Waals surface area contributed by atoms with E-state index in [1.54, 1.807) is 0 Å². The molecular weight excluding hydrogens is 234 g/mol. The molecular formula is C10H10ClNO4. The van der Waals surface area contributed by atoms with Crippen LogP contribution in [0.3, 0.4) is 0 Å². The summed E-state index contributed by atoms with van der Waals surface area (Å²) in [5.74, 6) is -1.51. The van der Waals surface area contributed by atoms with Gasteiger partial charge in [0, 0.05) is 0 Å². The van der Waals surface area contributed by atoms with Gasteiger partial charge in [0.15, 0.2) is 11.0 Å². The summed E-state index contributed by atoms with van der Waals surface area (Å²) in [6.07, 6.45) is 1.66. The number of carboxylic acids is 1. The third-order valence-corrected chi connectivity index (χ3v) is 2.65. The maximum Gasteiger partial charge on any atom is 0.326 e. The van der Waals surface area contributed by atoms with Crippen LogP contribution in [0.25, 0.3) is 0 Å². The fourth-order valence-corrected chi connectivity index (χ4v) is 1.61. The second-order valence-electron chi connectivity index (χ2n) is 3.73. The van der Waals surface area contributed by atoms with E-state index in [1.165, 1.54) is 12.1 Å². The number of carbonyl (C=O) groups is 2. The average Bonchev–Trinajstić information content (AvgIpc) is 2.96. The molecule has 0 aromatic carbocycles. The van der Waals surface area contributed by atoms with Crippen LogP contribution in [0, 0.1) is 5.92 Å². The summed E-state index contributed by atoms with van der Waals surface area (Å²) in [6.45, 7) is 0. The fraction of sp³-hybridized carbons (Fsp3) is 0.400. The van der Waals surface area contributed by atoms with Crippen LogP contribution in [-0.4, -0.2) is 23.0 Å². The maximum absolute atomic E-state index is 11.6. The van der Waals surface area contributed by atoms with Crippen molar-refractivity contribution in [3.05, 3.63) is 23.1 Å². The van der Waals surface area contributed by atoms with Gasteiger partial charge in [-0.3, -0.25) is 4.79 Å². The smallest absolute Gasteiger partial charge is 0.326 e. The van der Waals surface area contributed by atoms with Crippen LogP contribution in [0.4, 0.5) is 0 Å². The van der Waals surface area contributed by atoms with Gasteiger partial charge in [0.25, 0.3) is 5.91 Å². The third-order valence-electron chi connectivity index (χ3n) is 2.44. The van der Waals surface area contributed by atoms with Gasteiger partial charge in [-0.15, -0.1) is 0 Å². The molecule has 16 heavy (non-hydrogen) atoms. The van der Waals surface area contributed by atoms with Crippen LogP contribution in [0.1, 0.15) is 23.4 Å². The first-order valence-electron chi connectivity index (χ1n) is 4.87. The number of carbonyl (C=O) groups excluding carboxylic acids is 1. The van der Waals surface area contributed by atoms with Crippen molar-refractivity contribution in [3.8, 4) is 0 Å². The molecule has 1 atom stereocenters. The van der Waals surface area contributed by atoms with Gasteiger partial charge in [0.05, 0.1) is 0 Å². The van der Waals surface area contributed by atoms with Gasteiger partial charge >= 0.3 is 5.97 Å². The maximum atomic E-state index is 11.6. The van der Waals surface area contributed by atoms with Crippen LogP contribution in [0.5, 0.6) is 0 Å². The van der Waals surface area contributed by atoms with E-state index in [0.29, 0.717) is 0 Å². The molecule has 1 fully saturated rings. The molecule has 1 aliphatic rings. The van der Waals surface area contributed by atoms with Crippen LogP contribution >= 0.6 is 11.6 Å². The lowest BCUT2D eigenvalue weighted by molar-refractivity contribution is -0.139. The SMILES string of the molecule is O=C(NC(C(=O)O)C1CC1)c1ccc(Cl)o1. The molecule has 6 heteroatoms. The van der Waals surface area contributed by atoms with Crippen molar-refractivity contribution in [1.29, 1.82) is 0 Å². The molecule has 1 aromatic rings. The van der Waals surface area contributed by atoms with Gasteiger partial charge in [-0.25, -0.2) is 4.79 Å². The molecule has 1 aliphatic carbocycles. The topological polar surface area (TPSA) is 79.5 Å². The van der Waals surface area contributed by atoms with E-state index in [0.717, 1.165) is 12.8 Å². The Balaban J connectivity index is 2.02. The highest BCUT2D eigenvalue weighted by Gasteiger charge is 2.37. The Kier molecular flexibility index (Phi) is 2.87. The molecule has 86 valence electrons. The van der Waals surface area contributed by atoms with E-state index in [2.05, 4.69) is 5.32 Å². The lowest BCUT2D eigenvalue weighted by atomic mass is 10.2. The molecule has 0 radical (unpaired) electrons. The molecule has 1 amide bonds. The molecule has 1 unspecified atom stereocenters. The predicted molar refractivity (Wildman–Crippen MR) is 55.3 cm³/mol. The zero-order valence-corrected chi connectivity index (χ0v) is 9.03. The number of rotatable bonds is 4. The molecule has 1 aromatic heterocycles. The Morgan fingerprint density at radius 3 is 2.62 bits per heavy atom. The van der Waals surface area contributed by atoms with Crippen LogP contribution in [0.2, 0.25) is 5.22 Å². The number of hydrogen-bond donors (Lipinski definition) is 2. The number of carboxylic acid groups (broad SMARTS) is 1. The summed E-state index contributed by atoms with van der Waals surface area (Å²) in [7, 11) is 0. The van der Waals surface area contributed by atoms with Crippen molar-refractivity contribution in [2.24, 2.45) is 5.92 Å². The van der Waals surface area contributed by atoms with Crippen molar-refractivity contribution in [1.82, 2.24) is 5.32 Å². The highest BCUT2D eigenvalue weighted by atomic mass is 35.5. The number of halogens is 1. The number of amides is 1. The van der Waals surface area contributed by atoms with E-state index in [4.69, 9.17) is 21.1 Å². The Morgan fingerprint density at radius 2 is 2.19 bits per heavy atom. The Morgan fingerprint density at radius 1 is 1.50 bits per heavy atom. The summed E-state index contributed by atoms with van der Waals surface area (Å²) < 4.78 is 4.89. The second-order valence-corrected chi connectivity index (χ2v) is 4.10. The van der Waals surface area contributed by atoms with Crippen molar-refractivity contribution in [2.75, 3.05) is 0 Å². The second kappa shape index (κ2) is 4.17. The van der Waals surface area contributed by atoms with Crippen molar-refractivity contribution in [2.45, 2.75) is 18.9 Å². The third kappa shape index (κ3) is 2.36. The highest BCUT2D eigenvalue weighted by Crippen LogP contribution is 2.32. The van der Waals surface area contributed by atoms with E-state index < -0.39 is 17.9 Å². The van der Waals surface area contributed by atoms with Gasteiger partial charge in [0.2, 0.25) is 0 Å². The summed E-state index contributed by atoms with van der Waals surface area (Å²) in [5.41, 5.74) is 0. The first kappa shape index (κ1) is 11.0. The lowest BCUT2D eigenvalue weighted by Gasteiger charge is -2.11. The zero-order chi connectivity index (χ0) is 11.7. The van der Waals surface area contributed by atoms with Gasteiger partial charge < -0.3 is 14.8 Å². The van der Waals surface area contributed by atoms with Crippen molar-refractivity contribution in [3.63, 3.8) is 0 Å². The molecule has 0 saturated heterocycles. The molecule has 2 N–H and O–H groups in total. The Labute approximate surface area is 96.4 Å². The summed E-state index contributed by atoms with van der Waals surface area (Å²) >= 11 is 5.52. The van der Waals surface area contributed by atoms with E-state index in [1.807, 2.05) is 0 Å². The number of nitrogens with one attached hydrogen (secondary N) is 1. The van der Waals surface area contributed by atoms with E-state index in [9.17, 15) is 9.59 Å². The quantitative estimate of drug-likeness (QED) is 0.840. The van der Waals surface area contributed by atoms with Gasteiger partial charge in [-0.1, -0.05) is 0 Å². The standard InChI is InChI=1S/C10H10ClNO4/c11-7-4-3-6(16-7)9(13)12-8(10(14)15)5-1-2-5/h3-5,8H,1-2H2,(H,12,13)(H,14,15). The minimum Gasteiger partial charge on any atom is -0.480 e. The fourth-order valence-electron chi connectivity index (χ4n) is 1.46. The summed E-state index contributed by atoms with van der Waals surface area (Å²) in [4.78, 5) is 22.5. The van der Waals surface area contributed by atoms with Gasteiger partial charge in [0.1, 0.15) is 6.04 Å². The molecule has 0 spiro atoms. The highest BCUT2D eigenvalue weighted by molar-refractivity contribution is 6.29. The minimum absolute atomic E-state index is 0.0249. The van der Waals surface area contributed by atoms with Gasteiger partial charge in [-0.2, -0.15) is 0 Å². The summed E-state index contributed by atoms with van der Waals surface area (Å²) in [5, 5.41) is 11.4. The summed E-state index contributed by atoms with van der Waals surface area (Å²) in [6, 6.07) is 2.00. The number of aliphatic carboxylic acids is 1. The van der Waals surface area contributed by atoms with E-state index >= 15 is 0 Å². The molecule has 1 heterocycles. The molecule has 0 bridgehead atoms. The predicted octanol–water partition coefficient (Wildman–Crippen LogP) is 1.53. The van der Waals surface area contributed by atoms with Crippen LogP contribution in [-0.2, 0) is 4.79 Å². The molecule has 5 nitrogen and oxygen atoms in total. The largest absolute Gasteiger partial charge is 0.480 e. The van der Waals surface area contributed by atoms with Gasteiger partial charge in [-0.05, 0) is 42.5 Å². The lowest BCUT2D eigenvalue weighted by Crippen LogP contribution is -2.42. The monoisotopic (exact) mass is 243 g/mol. The molecule has 1 saturated carbocycles. The Bertz CT molecular complexity index is 424. The first-order valence-corrected chi connectivity index (χ1v) is 5.24. The van der Waals surface area contributed by atoms with Crippen molar-refractivity contribution < 1.29 is 19.1 Å². The first-order chi connectivity index (χ1) is 7.58. The minimum atomic E-state index is -1.02. The Hall–Kier alpha value is -1.49. The molecule has 0 aliphatic heterocycles. The number of furan rings is 1.